The van der Waals surface area contributed by atoms with Crippen LogP contribution < -0.4 is 0 Å². The van der Waals surface area contributed by atoms with E-state index in [9.17, 15) is 4.79 Å². The van der Waals surface area contributed by atoms with Crippen LogP contribution in [0.4, 0.5) is 0 Å². The lowest BCUT2D eigenvalue weighted by Crippen LogP contribution is -2.39. The van der Waals surface area contributed by atoms with E-state index in [4.69, 9.17) is 4.52 Å². The number of nitrogens with zero attached hydrogens (tertiary/aromatic N) is 5. The first-order valence-electron chi connectivity index (χ1n) is 8.01. The van der Waals surface area contributed by atoms with Crippen LogP contribution in [0.5, 0.6) is 0 Å². The summed E-state index contributed by atoms with van der Waals surface area (Å²) in [4.78, 5) is 19.6. The molecule has 3 heterocycles. The van der Waals surface area contributed by atoms with Gasteiger partial charge in [-0.2, -0.15) is 4.98 Å². The summed E-state index contributed by atoms with van der Waals surface area (Å²) in [5, 5.41) is 8.01. The van der Waals surface area contributed by atoms with Gasteiger partial charge in [0.1, 0.15) is 4.88 Å². The second-order valence-corrected chi connectivity index (χ2v) is 6.83. The monoisotopic (exact) mass is 335 g/mol. The molecule has 1 fully saturated rings. The van der Waals surface area contributed by atoms with Crippen molar-refractivity contribution < 1.29 is 9.32 Å². The number of aryl methyl sites for hydroxylation is 1. The lowest BCUT2D eigenvalue weighted by atomic mass is 9.97. The fourth-order valence-electron chi connectivity index (χ4n) is 2.73. The van der Waals surface area contributed by atoms with E-state index in [2.05, 4.69) is 33.6 Å². The van der Waals surface area contributed by atoms with E-state index in [1.54, 1.807) is 0 Å². The second-order valence-electron chi connectivity index (χ2n) is 6.08. The largest absolute Gasteiger partial charge is 0.339 e. The van der Waals surface area contributed by atoms with Gasteiger partial charge in [0, 0.05) is 19.0 Å². The van der Waals surface area contributed by atoms with E-state index < -0.39 is 0 Å². The molecule has 0 spiro atoms. The van der Waals surface area contributed by atoms with Crippen LogP contribution in [0.3, 0.4) is 0 Å². The Kier molecular flexibility index (Phi) is 4.70. The van der Waals surface area contributed by atoms with Crippen LogP contribution in [0.25, 0.3) is 0 Å². The number of piperidine rings is 1. The molecule has 0 radical (unpaired) electrons. The summed E-state index contributed by atoms with van der Waals surface area (Å²) in [5.74, 6) is 1.81. The zero-order chi connectivity index (χ0) is 16.4. The molecule has 3 rings (SSSR count). The molecule has 23 heavy (non-hydrogen) atoms. The van der Waals surface area contributed by atoms with Crippen molar-refractivity contribution in [3.8, 4) is 0 Å². The molecule has 0 bridgehead atoms. The fraction of sp³-hybridized carbons (Fsp3) is 0.667. The Bertz CT molecular complexity index is 683. The van der Waals surface area contributed by atoms with E-state index in [0.717, 1.165) is 43.2 Å². The zero-order valence-corrected chi connectivity index (χ0v) is 14.5. The second kappa shape index (κ2) is 6.74. The Morgan fingerprint density at radius 2 is 2.35 bits per heavy atom. The lowest BCUT2D eigenvalue weighted by Gasteiger charge is -2.30. The van der Waals surface area contributed by atoms with Gasteiger partial charge >= 0.3 is 0 Å². The summed E-state index contributed by atoms with van der Waals surface area (Å²) >= 11 is 1.16. The summed E-state index contributed by atoms with van der Waals surface area (Å²) in [5.41, 5.74) is 0.693. The molecule has 1 amide bonds. The molecule has 0 unspecified atom stereocenters. The Morgan fingerprint density at radius 3 is 3.04 bits per heavy atom. The lowest BCUT2D eigenvalue weighted by molar-refractivity contribution is 0.0699. The van der Waals surface area contributed by atoms with Gasteiger partial charge in [-0.05, 0) is 37.7 Å². The van der Waals surface area contributed by atoms with Gasteiger partial charge in [0.2, 0.25) is 5.89 Å². The maximum absolute atomic E-state index is 12.6. The van der Waals surface area contributed by atoms with Crippen molar-refractivity contribution in [2.45, 2.75) is 51.9 Å². The van der Waals surface area contributed by atoms with Crippen molar-refractivity contribution in [2.24, 2.45) is 0 Å². The van der Waals surface area contributed by atoms with Crippen LogP contribution in [0.15, 0.2) is 4.52 Å². The third kappa shape index (κ3) is 3.26. The summed E-state index contributed by atoms with van der Waals surface area (Å²) < 4.78 is 9.30. The van der Waals surface area contributed by atoms with Crippen LogP contribution in [0, 0.1) is 6.92 Å². The Balaban J connectivity index is 1.72. The van der Waals surface area contributed by atoms with Gasteiger partial charge in [-0.1, -0.05) is 23.5 Å². The van der Waals surface area contributed by atoms with Crippen LogP contribution in [-0.4, -0.2) is 43.6 Å². The van der Waals surface area contributed by atoms with Crippen molar-refractivity contribution in [2.75, 3.05) is 13.1 Å². The molecule has 0 saturated carbocycles. The summed E-state index contributed by atoms with van der Waals surface area (Å²) in [6.07, 6.45) is 2.88. The van der Waals surface area contributed by atoms with Gasteiger partial charge in [-0.15, -0.1) is 5.10 Å². The topological polar surface area (TPSA) is 85.0 Å². The molecule has 1 saturated heterocycles. The smallest absolute Gasteiger partial charge is 0.267 e. The fourth-order valence-corrected chi connectivity index (χ4v) is 3.36. The standard InChI is InChI=1S/C15H21N5O2S/c1-4-9(2)13-16-14(22-18-13)11-6-5-7-20(8-11)15(21)12-10(3)17-19-23-12/h9,11H,4-8H2,1-3H3/t9-,11-/m0/s1. The van der Waals surface area contributed by atoms with Crippen LogP contribution >= 0.6 is 11.5 Å². The molecule has 2 aromatic rings. The van der Waals surface area contributed by atoms with Gasteiger partial charge in [-0.3, -0.25) is 4.79 Å². The van der Waals surface area contributed by atoms with Gasteiger partial charge < -0.3 is 9.42 Å². The highest BCUT2D eigenvalue weighted by Crippen LogP contribution is 2.28. The van der Waals surface area contributed by atoms with E-state index in [-0.39, 0.29) is 11.8 Å². The van der Waals surface area contributed by atoms with Crippen LogP contribution in [0.2, 0.25) is 0 Å². The number of aromatic nitrogens is 4. The van der Waals surface area contributed by atoms with Gasteiger partial charge in [-0.25, -0.2) is 0 Å². The quantitative estimate of drug-likeness (QED) is 0.854. The molecule has 1 aliphatic heterocycles. The zero-order valence-electron chi connectivity index (χ0n) is 13.7. The van der Waals surface area contributed by atoms with Crippen LogP contribution in [0.1, 0.15) is 72.0 Å². The first-order chi connectivity index (χ1) is 11.1. The number of carbonyl (C=O) groups is 1. The minimum Gasteiger partial charge on any atom is -0.339 e. The average molecular weight is 335 g/mol. The van der Waals surface area contributed by atoms with Crippen molar-refractivity contribution in [3.63, 3.8) is 0 Å². The Hall–Kier alpha value is -1.83. The molecule has 2 atom stereocenters. The van der Waals surface area contributed by atoms with Gasteiger partial charge in [0.25, 0.3) is 5.91 Å². The van der Waals surface area contributed by atoms with E-state index >= 15 is 0 Å². The maximum Gasteiger partial charge on any atom is 0.267 e. The van der Waals surface area contributed by atoms with E-state index in [1.165, 1.54) is 0 Å². The van der Waals surface area contributed by atoms with E-state index in [1.807, 2.05) is 11.8 Å². The maximum atomic E-state index is 12.6. The van der Waals surface area contributed by atoms with Gasteiger partial charge in [0.15, 0.2) is 5.82 Å². The first kappa shape index (κ1) is 16.0. The minimum absolute atomic E-state index is 0.00358. The SMILES string of the molecule is CC[C@H](C)c1noc([C@H]2CCCN(C(=O)c3snnc3C)C2)n1. The molecule has 0 N–H and O–H groups in total. The number of carbonyl (C=O) groups excluding carboxylic acids is 1. The van der Waals surface area contributed by atoms with Crippen molar-refractivity contribution in [1.29, 1.82) is 0 Å². The number of hydrogen-bond donors (Lipinski definition) is 0. The molecule has 124 valence electrons. The number of rotatable bonds is 4. The molecule has 0 aromatic carbocycles. The molecule has 8 heteroatoms. The third-order valence-electron chi connectivity index (χ3n) is 4.41. The number of hydrogen-bond acceptors (Lipinski definition) is 7. The van der Waals surface area contributed by atoms with E-state index in [0.29, 0.717) is 28.9 Å². The number of amides is 1. The molecule has 0 aliphatic carbocycles. The molecular formula is C15H21N5O2S. The molecule has 1 aliphatic rings. The summed E-state index contributed by atoms with van der Waals surface area (Å²) in [6, 6.07) is 0. The van der Waals surface area contributed by atoms with Crippen LogP contribution in [-0.2, 0) is 0 Å². The van der Waals surface area contributed by atoms with Gasteiger partial charge in [0.05, 0.1) is 11.6 Å². The highest BCUT2D eigenvalue weighted by atomic mass is 32.1. The summed E-state index contributed by atoms with van der Waals surface area (Å²) in [6.45, 7) is 7.37. The predicted octanol–water partition coefficient (Wildman–Crippen LogP) is 2.76. The van der Waals surface area contributed by atoms with Crippen molar-refractivity contribution in [3.05, 3.63) is 22.3 Å². The molecular weight excluding hydrogens is 314 g/mol. The highest BCUT2D eigenvalue weighted by molar-refractivity contribution is 7.07. The Labute approximate surface area is 139 Å². The third-order valence-corrected chi connectivity index (χ3v) is 5.23. The van der Waals surface area contributed by atoms with Crippen molar-refractivity contribution >= 4 is 17.4 Å². The average Bonchev–Trinajstić information content (AvgIpc) is 3.22. The normalized spacial score (nSPS) is 19.8. The molecule has 7 nitrogen and oxygen atoms in total. The number of likely N-dealkylation sites (tertiary alicyclic amines) is 1. The van der Waals surface area contributed by atoms with Crippen molar-refractivity contribution in [1.82, 2.24) is 24.6 Å². The summed E-state index contributed by atoms with van der Waals surface area (Å²) in [7, 11) is 0. The minimum atomic E-state index is 0.00358. The molecule has 2 aromatic heterocycles. The highest BCUT2D eigenvalue weighted by Gasteiger charge is 2.30. The first-order valence-corrected chi connectivity index (χ1v) is 8.79. The predicted molar refractivity (Wildman–Crippen MR) is 85.5 cm³/mol. The Morgan fingerprint density at radius 1 is 1.52 bits per heavy atom.